The van der Waals surface area contributed by atoms with Crippen LogP contribution < -0.4 is 0 Å². The van der Waals surface area contributed by atoms with Crippen molar-refractivity contribution < 1.29 is 19.1 Å². The van der Waals surface area contributed by atoms with Crippen LogP contribution in [0, 0.1) is 17.3 Å². The molecule has 116 valence electrons. The molecule has 0 aliphatic heterocycles. The van der Waals surface area contributed by atoms with E-state index in [9.17, 15) is 9.59 Å². The van der Waals surface area contributed by atoms with E-state index in [0.29, 0.717) is 26.1 Å². The van der Waals surface area contributed by atoms with Gasteiger partial charge in [0, 0.05) is 0 Å². The van der Waals surface area contributed by atoms with Gasteiger partial charge in [-0.2, -0.15) is 0 Å². The standard InChI is InChI=1S/C16H28O4/c1-12(2)10-19-14(17)16(8-6-5-7-9-16)15(18)20-11-13(3)4/h12-13H,5-11H2,1-4H3. The second-order valence-electron chi connectivity index (χ2n) is 6.63. The van der Waals surface area contributed by atoms with Crippen LogP contribution in [-0.2, 0) is 19.1 Å². The second kappa shape index (κ2) is 7.65. The van der Waals surface area contributed by atoms with Gasteiger partial charge in [0.15, 0.2) is 5.41 Å². The lowest BCUT2D eigenvalue weighted by Crippen LogP contribution is -2.44. The zero-order valence-corrected chi connectivity index (χ0v) is 13.2. The minimum absolute atomic E-state index is 0.270. The zero-order valence-electron chi connectivity index (χ0n) is 13.2. The normalized spacial score (nSPS) is 18.1. The molecule has 0 unspecified atom stereocenters. The molecule has 0 N–H and O–H groups in total. The molecule has 0 atom stereocenters. The molecule has 20 heavy (non-hydrogen) atoms. The first kappa shape index (κ1) is 17.0. The van der Waals surface area contributed by atoms with Crippen molar-refractivity contribution >= 4 is 11.9 Å². The highest BCUT2D eigenvalue weighted by atomic mass is 16.6. The van der Waals surface area contributed by atoms with Crippen LogP contribution in [0.15, 0.2) is 0 Å². The Hall–Kier alpha value is -1.06. The zero-order chi connectivity index (χ0) is 15.2. The van der Waals surface area contributed by atoms with Gasteiger partial charge in [-0.25, -0.2) is 0 Å². The van der Waals surface area contributed by atoms with E-state index in [1.54, 1.807) is 0 Å². The minimum atomic E-state index is -1.05. The lowest BCUT2D eigenvalue weighted by atomic mass is 9.74. The number of carbonyl (C=O) groups is 2. The van der Waals surface area contributed by atoms with Crippen LogP contribution in [0.3, 0.4) is 0 Å². The third-order valence-electron chi connectivity index (χ3n) is 3.58. The van der Waals surface area contributed by atoms with E-state index in [0.717, 1.165) is 19.3 Å². The van der Waals surface area contributed by atoms with Gasteiger partial charge in [-0.15, -0.1) is 0 Å². The fourth-order valence-corrected chi connectivity index (χ4v) is 2.41. The lowest BCUT2D eigenvalue weighted by molar-refractivity contribution is -0.176. The van der Waals surface area contributed by atoms with Gasteiger partial charge in [-0.3, -0.25) is 9.59 Å². The van der Waals surface area contributed by atoms with Crippen LogP contribution in [0.4, 0.5) is 0 Å². The van der Waals surface area contributed by atoms with Crippen molar-refractivity contribution in [3.63, 3.8) is 0 Å². The molecule has 1 aliphatic rings. The van der Waals surface area contributed by atoms with E-state index in [4.69, 9.17) is 9.47 Å². The Balaban J connectivity index is 2.74. The first-order chi connectivity index (χ1) is 9.38. The number of carbonyl (C=O) groups excluding carboxylic acids is 2. The lowest BCUT2D eigenvalue weighted by Gasteiger charge is -2.33. The van der Waals surface area contributed by atoms with Gasteiger partial charge in [0.2, 0.25) is 0 Å². The molecule has 0 aromatic heterocycles. The van der Waals surface area contributed by atoms with E-state index in [2.05, 4.69) is 0 Å². The van der Waals surface area contributed by atoms with Crippen LogP contribution in [0.5, 0.6) is 0 Å². The third-order valence-corrected chi connectivity index (χ3v) is 3.58. The van der Waals surface area contributed by atoms with Crippen molar-refractivity contribution in [2.24, 2.45) is 17.3 Å². The SMILES string of the molecule is CC(C)COC(=O)C1(C(=O)OCC(C)C)CCCCC1. The number of rotatable bonds is 6. The topological polar surface area (TPSA) is 52.6 Å². The highest BCUT2D eigenvalue weighted by Crippen LogP contribution is 2.39. The fraction of sp³-hybridized carbons (Fsp3) is 0.875. The molecule has 4 nitrogen and oxygen atoms in total. The van der Waals surface area contributed by atoms with E-state index < -0.39 is 5.41 Å². The first-order valence-electron chi connectivity index (χ1n) is 7.73. The second-order valence-corrected chi connectivity index (χ2v) is 6.63. The average Bonchev–Trinajstić information content (AvgIpc) is 2.42. The molecule has 4 heteroatoms. The number of esters is 2. The summed E-state index contributed by atoms with van der Waals surface area (Å²) in [6.45, 7) is 8.65. The average molecular weight is 284 g/mol. The van der Waals surface area contributed by atoms with E-state index >= 15 is 0 Å². The minimum Gasteiger partial charge on any atom is -0.465 e. The molecular weight excluding hydrogens is 256 g/mol. The van der Waals surface area contributed by atoms with E-state index in [1.165, 1.54) is 0 Å². The van der Waals surface area contributed by atoms with Crippen LogP contribution in [0.25, 0.3) is 0 Å². The Morgan fingerprint density at radius 1 is 0.850 bits per heavy atom. The molecule has 0 bridgehead atoms. The summed E-state index contributed by atoms with van der Waals surface area (Å²) < 4.78 is 10.7. The number of ether oxygens (including phenoxy) is 2. The maximum absolute atomic E-state index is 12.4. The van der Waals surface area contributed by atoms with Gasteiger partial charge in [-0.05, 0) is 24.7 Å². The summed E-state index contributed by atoms with van der Waals surface area (Å²) in [5.41, 5.74) is -1.05. The Labute approximate surface area is 122 Å². The summed E-state index contributed by atoms with van der Waals surface area (Å²) in [4.78, 5) is 24.8. The third kappa shape index (κ3) is 4.50. The van der Waals surface area contributed by atoms with Crippen molar-refractivity contribution in [1.29, 1.82) is 0 Å². The van der Waals surface area contributed by atoms with Crippen molar-refractivity contribution in [2.45, 2.75) is 59.8 Å². The van der Waals surface area contributed by atoms with E-state index in [1.807, 2.05) is 27.7 Å². The largest absolute Gasteiger partial charge is 0.465 e. The Kier molecular flexibility index (Phi) is 6.50. The number of hydrogen-bond donors (Lipinski definition) is 0. The Bertz CT molecular complexity index is 301. The molecule has 1 rings (SSSR count). The van der Waals surface area contributed by atoms with Crippen LogP contribution >= 0.6 is 0 Å². The summed E-state index contributed by atoms with van der Waals surface area (Å²) in [6, 6.07) is 0. The summed E-state index contributed by atoms with van der Waals surface area (Å²) in [5.74, 6) is -0.239. The predicted octanol–water partition coefficient (Wildman–Crippen LogP) is 3.34. The predicted molar refractivity (Wildman–Crippen MR) is 77.1 cm³/mol. The Morgan fingerprint density at radius 3 is 1.60 bits per heavy atom. The van der Waals surface area contributed by atoms with Crippen molar-refractivity contribution in [3.05, 3.63) is 0 Å². The molecule has 0 spiro atoms. The maximum Gasteiger partial charge on any atom is 0.323 e. The van der Waals surface area contributed by atoms with Crippen LogP contribution in [0.2, 0.25) is 0 Å². The molecular formula is C16H28O4. The molecule has 1 aliphatic carbocycles. The molecule has 0 heterocycles. The first-order valence-corrected chi connectivity index (χ1v) is 7.73. The molecule has 0 amide bonds. The van der Waals surface area contributed by atoms with Crippen LogP contribution in [0.1, 0.15) is 59.8 Å². The van der Waals surface area contributed by atoms with Crippen molar-refractivity contribution in [3.8, 4) is 0 Å². The van der Waals surface area contributed by atoms with Crippen LogP contribution in [-0.4, -0.2) is 25.2 Å². The van der Waals surface area contributed by atoms with Gasteiger partial charge >= 0.3 is 11.9 Å². The van der Waals surface area contributed by atoms with E-state index in [-0.39, 0.29) is 23.8 Å². The summed E-state index contributed by atoms with van der Waals surface area (Å²) in [6.07, 6.45) is 3.94. The molecule has 0 aromatic rings. The molecule has 0 saturated heterocycles. The Morgan fingerprint density at radius 2 is 1.25 bits per heavy atom. The summed E-state index contributed by atoms with van der Waals surface area (Å²) in [5, 5.41) is 0. The quantitative estimate of drug-likeness (QED) is 0.554. The summed E-state index contributed by atoms with van der Waals surface area (Å²) in [7, 11) is 0. The molecule has 0 radical (unpaired) electrons. The van der Waals surface area contributed by atoms with Crippen molar-refractivity contribution in [2.75, 3.05) is 13.2 Å². The highest BCUT2D eigenvalue weighted by molar-refractivity contribution is 6.00. The van der Waals surface area contributed by atoms with Crippen molar-refractivity contribution in [1.82, 2.24) is 0 Å². The van der Waals surface area contributed by atoms with Gasteiger partial charge < -0.3 is 9.47 Å². The monoisotopic (exact) mass is 284 g/mol. The molecule has 1 fully saturated rings. The summed E-state index contributed by atoms with van der Waals surface area (Å²) >= 11 is 0. The molecule has 1 saturated carbocycles. The molecule has 0 aromatic carbocycles. The van der Waals surface area contributed by atoms with Gasteiger partial charge in [0.25, 0.3) is 0 Å². The number of hydrogen-bond acceptors (Lipinski definition) is 4. The van der Waals surface area contributed by atoms with Gasteiger partial charge in [0.1, 0.15) is 0 Å². The van der Waals surface area contributed by atoms with Gasteiger partial charge in [0.05, 0.1) is 13.2 Å². The fourth-order valence-electron chi connectivity index (χ4n) is 2.41. The maximum atomic E-state index is 12.4. The smallest absolute Gasteiger partial charge is 0.323 e. The highest BCUT2D eigenvalue weighted by Gasteiger charge is 2.49. The van der Waals surface area contributed by atoms with Gasteiger partial charge in [-0.1, -0.05) is 47.0 Å².